The largest absolute Gasteiger partial charge is 0.475 e. The maximum absolute atomic E-state index is 8.56. The fraction of sp³-hybridized carbons (Fsp3) is 0.333. The van der Waals surface area contributed by atoms with Crippen molar-refractivity contribution >= 4 is 5.84 Å². The zero-order valence-electron chi connectivity index (χ0n) is 7.95. The molecule has 0 aliphatic heterocycles. The lowest BCUT2D eigenvalue weighted by atomic mass is 10.2. The van der Waals surface area contributed by atoms with Gasteiger partial charge in [0.25, 0.3) is 0 Å². The van der Waals surface area contributed by atoms with Crippen molar-refractivity contribution in [2.45, 2.75) is 6.92 Å². The molecule has 4 N–H and O–H groups in total. The Labute approximate surface area is 82.0 Å². The van der Waals surface area contributed by atoms with E-state index in [9.17, 15) is 0 Å². The Morgan fingerprint density at radius 2 is 2.36 bits per heavy atom. The van der Waals surface area contributed by atoms with Crippen LogP contribution in [0.4, 0.5) is 0 Å². The Kier molecular flexibility index (Phi) is 3.41. The number of hydrogen-bond donors (Lipinski definition) is 3. The van der Waals surface area contributed by atoms with Crippen LogP contribution in [0.3, 0.4) is 0 Å². The minimum atomic E-state index is -0.0645. The van der Waals surface area contributed by atoms with Crippen molar-refractivity contribution < 1.29 is 9.84 Å². The number of amidine groups is 1. The van der Waals surface area contributed by atoms with E-state index >= 15 is 0 Å². The van der Waals surface area contributed by atoms with Crippen molar-refractivity contribution in [1.29, 1.82) is 5.41 Å². The van der Waals surface area contributed by atoms with Gasteiger partial charge in [-0.15, -0.1) is 0 Å². The summed E-state index contributed by atoms with van der Waals surface area (Å²) in [5.41, 5.74) is 6.63. The van der Waals surface area contributed by atoms with Crippen LogP contribution in [0.1, 0.15) is 11.3 Å². The molecule has 0 radical (unpaired) electrons. The van der Waals surface area contributed by atoms with Gasteiger partial charge in [-0.1, -0.05) is 0 Å². The number of nitrogen functional groups attached to an aromatic ring is 1. The molecule has 1 rings (SSSR count). The van der Waals surface area contributed by atoms with Gasteiger partial charge in [-0.25, -0.2) is 4.98 Å². The van der Waals surface area contributed by atoms with Crippen molar-refractivity contribution in [3.8, 4) is 5.88 Å². The molecule has 76 valence electrons. The molecule has 0 aliphatic rings. The van der Waals surface area contributed by atoms with Crippen LogP contribution in [0.15, 0.2) is 12.1 Å². The van der Waals surface area contributed by atoms with E-state index in [2.05, 4.69) is 4.98 Å². The SMILES string of the molecule is Cc1cc(C(=N)N)cc(OCCO)n1. The summed E-state index contributed by atoms with van der Waals surface area (Å²) in [6, 6.07) is 3.28. The van der Waals surface area contributed by atoms with Gasteiger partial charge >= 0.3 is 0 Å². The van der Waals surface area contributed by atoms with Crippen molar-refractivity contribution in [3.05, 3.63) is 23.4 Å². The van der Waals surface area contributed by atoms with Crippen molar-refractivity contribution in [3.63, 3.8) is 0 Å². The molecule has 0 spiro atoms. The van der Waals surface area contributed by atoms with Crippen LogP contribution >= 0.6 is 0 Å². The first-order valence-electron chi connectivity index (χ1n) is 4.20. The summed E-state index contributed by atoms with van der Waals surface area (Å²) in [7, 11) is 0. The third kappa shape index (κ3) is 2.70. The number of aromatic nitrogens is 1. The summed E-state index contributed by atoms with van der Waals surface area (Å²) in [5.74, 6) is 0.355. The predicted molar refractivity (Wildman–Crippen MR) is 52.6 cm³/mol. The molecule has 1 aromatic heterocycles. The molecular formula is C9H13N3O2. The van der Waals surface area contributed by atoms with E-state index < -0.39 is 0 Å². The van der Waals surface area contributed by atoms with Gasteiger partial charge in [-0.05, 0) is 13.0 Å². The molecule has 1 heterocycles. The molecule has 0 saturated heterocycles. The van der Waals surface area contributed by atoms with E-state index in [1.807, 2.05) is 0 Å². The smallest absolute Gasteiger partial charge is 0.214 e. The van der Waals surface area contributed by atoms with E-state index in [0.717, 1.165) is 5.69 Å². The summed E-state index contributed by atoms with van der Waals surface area (Å²) in [4.78, 5) is 4.07. The number of hydrogen-bond acceptors (Lipinski definition) is 4. The van der Waals surface area contributed by atoms with Gasteiger partial charge in [0, 0.05) is 17.3 Å². The zero-order valence-corrected chi connectivity index (χ0v) is 7.95. The van der Waals surface area contributed by atoms with Crippen LogP contribution in [0.25, 0.3) is 0 Å². The number of aliphatic hydroxyl groups is 1. The molecule has 0 fully saturated rings. The average molecular weight is 195 g/mol. The molecule has 0 saturated carbocycles. The van der Waals surface area contributed by atoms with Crippen LogP contribution in [0.5, 0.6) is 5.88 Å². The van der Waals surface area contributed by atoms with E-state index in [0.29, 0.717) is 11.4 Å². The highest BCUT2D eigenvalue weighted by atomic mass is 16.5. The number of rotatable bonds is 4. The minimum Gasteiger partial charge on any atom is -0.475 e. The standard InChI is InChI=1S/C9H13N3O2/c1-6-4-7(9(10)11)5-8(12-6)14-3-2-13/h4-5,13H,2-3H2,1H3,(H3,10,11). The first-order chi connectivity index (χ1) is 6.63. The minimum absolute atomic E-state index is 0.0238. The number of aryl methyl sites for hydroxylation is 1. The Bertz CT molecular complexity index is 339. The normalized spacial score (nSPS) is 9.86. The number of pyridine rings is 1. The Morgan fingerprint density at radius 1 is 1.64 bits per heavy atom. The van der Waals surface area contributed by atoms with E-state index in [1.165, 1.54) is 0 Å². The van der Waals surface area contributed by atoms with Crippen molar-refractivity contribution in [2.75, 3.05) is 13.2 Å². The maximum Gasteiger partial charge on any atom is 0.214 e. The Balaban J connectivity index is 2.89. The quantitative estimate of drug-likeness (QED) is 0.467. The highest BCUT2D eigenvalue weighted by Gasteiger charge is 2.02. The predicted octanol–water partition coefficient (Wildman–Crippen LogP) is 0.0452. The van der Waals surface area contributed by atoms with Gasteiger partial charge in [-0.3, -0.25) is 5.41 Å². The maximum atomic E-state index is 8.56. The highest BCUT2D eigenvalue weighted by molar-refractivity contribution is 5.95. The molecule has 5 heteroatoms. The molecular weight excluding hydrogens is 182 g/mol. The van der Waals surface area contributed by atoms with Crippen LogP contribution in [-0.4, -0.2) is 29.1 Å². The molecule has 14 heavy (non-hydrogen) atoms. The molecule has 0 unspecified atom stereocenters. The average Bonchev–Trinajstić information content (AvgIpc) is 2.14. The van der Waals surface area contributed by atoms with Crippen LogP contribution in [0, 0.1) is 12.3 Å². The third-order valence-corrected chi connectivity index (χ3v) is 1.58. The molecule has 0 aliphatic carbocycles. The first kappa shape index (κ1) is 10.5. The van der Waals surface area contributed by atoms with Crippen molar-refractivity contribution in [1.82, 2.24) is 4.98 Å². The molecule has 0 amide bonds. The number of nitrogens with zero attached hydrogens (tertiary/aromatic N) is 1. The lowest BCUT2D eigenvalue weighted by Gasteiger charge is -2.06. The fourth-order valence-corrected chi connectivity index (χ4v) is 1.02. The van der Waals surface area contributed by atoms with Crippen LogP contribution in [0.2, 0.25) is 0 Å². The number of nitrogens with two attached hydrogens (primary N) is 1. The summed E-state index contributed by atoms with van der Waals surface area (Å²) in [6.07, 6.45) is 0. The summed E-state index contributed by atoms with van der Waals surface area (Å²) in [5, 5.41) is 15.8. The molecule has 0 bridgehead atoms. The first-order valence-corrected chi connectivity index (χ1v) is 4.20. The number of aliphatic hydroxyl groups excluding tert-OH is 1. The van der Waals surface area contributed by atoms with Gasteiger partial charge in [0.15, 0.2) is 0 Å². The Hall–Kier alpha value is -1.62. The summed E-state index contributed by atoms with van der Waals surface area (Å²) >= 11 is 0. The van der Waals surface area contributed by atoms with Gasteiger partial charge in [0.1, 0.15) is 12.4 Å². The van der Waals surface area contributed by atoms with Crippen LogP contribution in [-0.2, 0) is 0 Å². The Morgan fingerprint density at radius 3 is 2.93 bits per heavy atom. The second kappa shape index (κ2) is 4.57. The van der Waals surface area contributed by atoms with Gasteiger partial charge < -0.3 is 15.6 Å². The molecule has 0 atom stereocenters. The molecule has 5 nitrogen and oxygen atoms in total. The fourth-order valence-electron chi connectivity index (χ4n) is 1.02. The molecule has 0 aromatic carbocycles. The van der Waals surface area contributed by atoms with Gasteiger partial charge in [-0.2, -0.15) is 0 Å². The highest BCUT2D eigenvalue weighted by Crippen LogP contribution is 2.11. The second-order valence-corrected chi connectivity index (χ2v) is 2.82. The monoisotopic (exact) mass is 195 g/mol. The van der Waals surface area contributed by atoms with E-state index in [-0.39, 0.29) is 19.0 Å². The summed E-state index contributed by atoms with van der Waals surface area (Å²) in [6.45, 7) is 1.91. The van der Waals surface area contributed by atoms with Crippen molar-refractivity contribution in [2.24, 2.45) is 5.73 Å². The number of ether oxygens (including phenoxy) is 1. The van der Waals surface area contributed by atoms with E-state index in [4.69, 9.17) is 21.0 Å². The summed E-state index contributed by atoms with van der Waals surface area (Å²) < 4.78 is 5.11. The second-order valence-electron chi connectivity index (χ2n) is 2.82. The van der Waals surface area contributed by atoms with Crippen LogP contribution < -0.4 is 10.5 Å². The topological polar surface area (TPSA) is 92.2 Å². The molecule has 1 aromatic rings. The third-order valence-electron chi connectivity index (χ3n) is 1.58. The van der Waals surface area contributed by atoms with Gasteiger partial charge in [0.05, 0.1) is 6.61 Å². The lowest BCUT2D eigenvalue weighted by molar-refractivity contribution is 0.196. The lowest BCUT2D eigenvalue weighted by Crippen LogP contribution is -2.12. The van der Waals surface area contributed by atoms with E-state index in [1.54, 1.807) is 19.1 Å². The number of nitrogens with one attached hydrogen (secondary N) is 1. The van der Waals surface area contributed by atoms with Gasteiger partial charge in [0.2, 0.25) is 5.88 Å². The zero-order chi connectivity index (χ0) is 10.6.